The average molecular weight is 416 g/mol. The van der Waals surface area contributed by atoms with Crippen LogP contribution in [0.2, 0.25) is 5.02 Å². The summed E-state index contributed by atoms with van der Waals surface area (Å²) in [5.74, 6) is -0.378. The van der Waals surface area contributed by atoms with E-state index in [0.717, 1.165) is 6.42 Å². The summed E-state index contributed by atoms with van der Waals surface area (Å²) in [5.41, 5.74) is 0.0279. The molecular formula is C18H26ClN3O4S. The highest BCUT2D eigenvalue weighted by Crippen LogP contribution is 2.28. The second-order valence-electron chi connectivity index (χ2n) is 7.05. The molecule has 27 heavy (non-hydrogen) atoms. The molecule has 0 aromatic heterocycles. The third kappa shape index (κ3) is 5.43. The van der Waals surface area contributed by atoms with Gasteiger partial charge in [0.15, 0.2) is 0 Å². The molecule has 150 valence electrons. The highest BCUT2D eigenvalue weighted by atomic mass is 35.5. The fourth-order valence-electron chi connectivity index (χ4n) is 3.31. The maximum Gasteiger partial charge on any atom is 0.253 e. The molecule has 2 atom stereocenters. The third-order valence-corrected chi connectivity index (χ3v) is 6.60. The number of sulfonamides is 1. The van der Waals surface area contributed by atoms with Crippen LogP contribution in [0.25, 0.3) is 0 Å². The van der Waals surface area contributed by atoms with Crippen LogP contribution in [0.3, 0.4) is 0 Å². The molecule has 1 heterocycles. The Morgan fingerprint density at radius 3 is 2.41 bits per heavy atom. The van der Waals surface area contributed by atoms with Crippen molar-refractivity contribution in [3.8, 4) is 0 Å². The molecule has 1 aliphatic heterocycles. The van der Waals surface area contributed by atoms with Crippen LogP contribution in [0.5, 0.6) is 0 Å². The first-order valence-electron chi connectivity index (χ1n) is 8.99. The zero-order valence-electron chi connectivity index (χ0n) is 15.8. The fourth-order valence-corrected chi connectivity index (χ4v) is 5.22. The molecular weight excluding hydrogens is 390 g/mol. The van der Waals surface area contributed by atoms with Crippen molar-refractivity contribution in [1.29, 1.82) is 0 Å². The van der Waals surface area contributed by atoms with Gasteiger partial charge in [0.2, 0.25) is 15.9 Å². The lowest BCUT2D eigenvalue weighted by Gasteiger charge is -2.34. The summed E-state index contributed by atoms with van der Waals surface area (Å²) in [4.78, 5) is 23.9. The first-order valence-corrected chi connectivity index (χ1v) is 10.8. The first kappa shape index (κ1) is 21.7. The largest absolute Gasteiger partial charge is 0.355 e. The Kier molecular flexibility index (Phi) is 7.25. The Morgan fingerprint density at radius 1 is 1.19 bits per heavy atom. The monoisotopic (exact) mass is 415 g/mol. The first-order chi connectivity index (χ1) is 12.6. The van der Waals surface area contributed by atoms with Gasteiger partial charge in [0, 0.05) is 19.6 Å². The minimum absolute atomic E-state index is 0.0244. The normalized spacial score (nSPS) is 20.9. The number of piperidine rings is 1. The van der Waals surface area contributed by atoms with Crippen molar-refractivity contribution >= 4 is 33.4 Å². The van der Waals surface area contributed by atoms with Crippen LogP contribution in [0.4, 0.5) is 0 Å². The highest BCUT2D eigenvalue weighted by Gasteiger charge is 2.32. The lowest BCUT2D eigenvalue weighted by Crippen LogP contribution is -2.42. The van der Waals surface area contributed by atoms with Crippen molar-refractivity contribution < 1.29 is 18.0 Å². The van der Waals surface area contributed by atoms with Crippen molar-refractivity contribution in [2.45, 2.75) is 32.1 Å². The Morgan fingerprint density at radius 2 is 1.81 bits per heavy atom. The minimum Gasteiger partial charge on any atom is -0.355 e. The van der Waals surface area contributed by atoms with Crippen molar-refractivity contribution in [1.82, 2.24) is 14.9 Å². The minimum atomic E-state index is -3.73. The van der Waals surface area contributed by atoms with Gasteiger partial charge in [-0.3, -0.25) is 9.59 Å². The molecule has 1 aromatic rings. The molecule has 0 saturated carbocycles. The zero-order valence-corrected chi connectivity index (χ0v) is 17.4. The van der Waals surface area contributed by atoms with Gasteiger partial charge in [-0.25, -0.2) is 8.42 Å². The molecule has 9 heteroatoms. The van der Waals surface area contributed by atoms with E-state index in [1.54, 1.807) is 6.92 Å². The molecule has 0 bridgehead atoms. The summed E-state index contributed by atoms with van der Waals surface area (Å²) in [6.07, 6.45) is 0.986. The number of hydrogen-bond acceptors (Lipinski definition) is 4. The fraction of sp³-hybridized carbons (Fsp3) is 0.556. The quantitative estimate of drug-likeness (QED) is 0.741. The van der Waals surface area contributed by atoms with E-state index in [2.05, 4.69) is 10.6 Å². The molecule has 2 amide bonds. The van der Waals surface area contributed by atoms with Gasteiger partial charge in [-0.2, -0.15) is 4.31 Å². The Labute approximate surface area is 165 Å². The maximum atomic E-state index is 13.0. The van der Waals surface area contributed by atoms with E-state index in [1.807, 2.05) is 13.8 Å². The second kappa shape index (κ2) is 9.03. The summed E-state index contributed by atoms with van der Waals surface area (Å²) in [6, 6.07) is 4.07. The van der Waals surface area contributed by atoms with E-state index in [1.165, 1.54) is 22.5 Å². The Hall–Kier alpha value is -1.64. The summed E-state index contributed by atoms with van der Waals surface area (Å²) >= 11 is 6.08. The summed E-state index contributed by atoms with van der Waals surface area (Å²) in [5, 5.41) is 5.15. The average Bonchev–Trinajstić information content (AvgIpc) is 2.59. The zero-order chi connectivity index (χ0) is 20.2. The van der Waals surface area contributed by atoms with Gasteiger partial charge in [-0.1, -0.05) is 25.4 Å². The van der Waals surface area contributed by atoms with E-state index in [9.17, 15) is 18.0 Å². The van der Waals surface area contributed by atoms with E-state index in [0.29, 0.717) is 19.6 Å². The smallest absolute Gasteiger partial charge is 0.253 e. The van der Waals surface area contributed by atoms with Gasteiger partial charge < -0.3 is 10.6 Å². The molecule has 1 saturated heterocycles. The summed E-state index contributed by atoms with van der Waals surface area (Å²) in [7, 11) is -3.73. The number of nitrogens with zero attached hydrogens (tertiary/aromatic N) is 1. The number of carbonyl (C=O) groups excluding carboxylic acids is 2. The molecule has 0 radical (unpaired) electrons. The SMILES string of the molecule is CCNC(=O)CNC(=O)c1cc(S(=O)(=O)N2C[C@@H](C)C[C@H](C)C2)ccc1Cl. The topological polar surface area (TPSA) is 95.6 Å². The van der Waals surface area contributed by atoms with E-state index >= 15 is 0 Å². The van der Waals surface area contributed by atoms with Crippen LogP contribution in [0, 0.1) is 11.8 Å². The molecule has 1 fully saturated rings. The maximum absolute atomic E-state index is 13.0. The Balaban J connectivity index is 2.22. The molecule has 1 aromatic carbocycles. The Bertz CT molecular complexity index is 803. The van der Waals surface area contributed by atoms with Crippen LogP contribution in [0.15, 0.2) is 23.1 Å². The van der Waals surface area contributed by atoms with Gasteiger partial charge in [0.25, 0.3) is 5.91 Å². The predicted octanol–water partition coefficient (Wildman–Crippen LogP) is 1.87. The van der Waals surface area contributed by atoms with Gasteiger partial charge in [-0.15, -0.1) is 0 Å². The standard InChI is InChI=1S/C18H26ClN3O4S/c1-4-20-17(23)9-21-18(24)15-8-14(5-6-16(15)19)27(25,26)22-10-12(2)7-13(3)11-22/h5-6,8,12-13H,4,7,9-11H2,1-3H3,(H,20,23)(H,21,24)/t12-,13-/m0/s1. The van der Waals surface area contributed by atoms with Crippen LogP contribution in [0.1, 0.15) is 37.6 Å². The van der Waals surface area contributed by atoms with Crippen LogP contribution >= 0.6 is 11.6 Å². The van der Waals surface area contributed by atoms with Crippen molar-refractivity contribution in [2.24, 2.45) is 11.8 Å². The molecule has 2 N–H and O–H groups in total. The second-order valence-corrected chi connectivity index (χ2v) is 9.39. The lowest BCUT2D eigenvalue weighted by atomic mass is 9.94. The number of amides is 2. The van der Waals surface area contributed by atoms with Crippen LogP contribution in [-0.4, -0.2) is 50.7 Å². The molecule has 7 nitrogen and oxygen atoms in total. The summed E-state index contributed by atoms with van der Waals surface area (Å²) < 4.78 is 27.5. The van der Waals surface area contributed by atoms with Crippen molar-refractivity contribution in [2.75, 3.05) is 26.2 Å². The number of carbonyl (C=O) groups is 2. The van der Waals surface area contributed by atoms with Crippen molar-refractivity contribution in [3.63, 3.8) is 0 Å². The number of benzene rings is 1. The van der Waals surface area contributed by atoms with Crippen molar-refractivity contribution in [3.05, 3.63) is 28.8 Å². The van der Waals surface area contributed by atoms with Gasteiger partial charge in [0.1, 0.15) is 0 Å². The van der Waals surface area contributed by atoms with E-state index in [-0.39, 0.29) is 39.8 Å². The molecule has 1 aliphatic rings. The number of halogens is 1. The van der Waals surface area contributed by atoms with Gasteiger partial charge >= 0.3 is 0 Å². The van der Waals surface area contributed by atoms with E-state index in [4.69, 9.17) is 11.6 Å². The number of hydrogen-bond donors (Lipinski definition) is 2. The lowest BCUT2D eigenvalue weighted by molar-refractivity contribution is -0.120. The van der Waals surface area contributed by atoms with Gasteiger partial charge in [-0.05, 0) is 43.4 Å². The number of rotatable bonds is 6. The van der Waals surface area contributed by atoms with Crippen LogP contribution < -0.4 is 10.6 Å². The molecule has 0 spiro atoms. The molecule has 0 aliphatic carbocycles. The molecule has 2 rings (SSSR count). The number of likely N-dealkylation sites (N-methyl/N-ethyl adjacent to an activating group) is 1. The summed E-state index contributed by atoms with van der Waals surface area (Å²) in [6.45, 7) is 6.98. The van der Waals surface area contributed by atoms with E-state index < -0.39 is 15.9 Å². The third-order valence-electron chi connectivity index (χ3n) is 4.44. The van der Waals surface area contributed by atoms with Gasteiger partial charge in [0.05, 0.1) is 22.0 Å². The molecule has 0 unspecified atom stereocenters. The van der Waals surface area contributed by atoms with Crippen LogP contribution in [-0.2, 0) is 14.8 Å². The predicted molar refractivity (Wildman–Crippen MR) is 104 cm³/mol. The number of nitrogens with one attached hydrogen (secondary N) is 2. The highest BCUT2D eigenvalue weighted by molar-refractivity contribution is 7.89.